The molecule has 1 unspecified atom stereocenters. The van der Waals surface area contributed by atoms with E-state index in [4.69, 9.17) is 9.47 Å². The highest BCUT2D eigenvalue weighted by Crippen LogP contribution is 2.36. The molecule has 1 heterocycles. The van der Waals surface area contributed by atoms with E-state index < -0.39 is 43.4 Å². The summed E-state index contributed by atoms with van der Waals surface area (Å²) in [5, 5.41) is 38.2. The number of hydrogen-bond donors (Lipinski definition) is 4. The van der Waals surface area contributed by atoms with Gasteiger partial charge in [-0.15, -0.1) is 0 Å². The van der Waals surface area contributed by atoms with Crippen LogP contribution in [0.2, 0.25) is 0 Å². The van der Waals surface area contributed by atoms with Gasteiger partial charge in [0.2, 0.25) is 0 Å². The molecule has 0 spiro atoms. The molecule has 0 aromatic carbocycles. The number of aliphatic hydroxyl groups excluding tert-OH is 4. The van der Waals surface area contributed by atoms with Gasteiger partial charge in [-0.2, -0.15) is 0 Å². The lowest BCUT2D eigenvalue weighted by atomic mass is 9.94. The normalized spacial score (nSPS) is 26.8. The van der Waals surface area contributed by atoms with Crippen molar-refractivity contribution in [3.8, 4) is 0 Å². The zero-order valence-corrected chi connectivity index (χ0v) is 16.2. The van der Waals surface area contributed by atoms with Gasteiger partial charge in [-0.3, -0.25) is 0 Å². The van der Waals surface area contributed by atoms with E-state index in [0.29, 0.717) is 12.3 Å². The maximum atomic E-state index is 9.91. The predicted octanol–water partition coefficient (Wildman–Crippen LogP) is 1.83. The van der Waals surface area contributed by atoms with Gasteiger partial charge in [-0.1, -0.05) is 46.5 Å². The Kier molecular flexibility index (Phi) is 9.85. The van der Waals surface area contributed by atoms with Gasteiger partial charge in [-0.05, 0) is 25.2 Å². The molecule has 0 aromatic rings. The van der Waals surface area contributed by atoms with Gasteiger partial charge in [0, 0.05) is 6.42 Å². The number of hydrogen-bond acceptors (Lipinski definition) is 6. The summed E-state index contributed by atoms with van der Waals surface area (Å²) in [6.45, 7) is 7.58. The van der Waals surface area contributed by atoms with E-state index >= 15 is 0 Å². The molecule has 0 aliphatic carbocycles. The van der Waals surface area contributed by atoms with Crippen LogP contribution in [-0.4, -0.2) is 63.8 Å². The highest BCUT2D eigenvalue weighted by Gasteiger charge is 2.49. The Hall–Kier alpha value is -0.240. The van der Waals surface area contributed by atoms with Crippen LogP contribution in [0.1, 0.15) is 66.2 Å². The molecule has 4 N–H and O–H groups in total. The minimum absolute atomic E-state index is 0.481. The Balaban J connectivity index is 2.46. The van der Waals surface area contributed by atoms with Crippen LogP contribution in [0.3, 0.4) is 0 Å². The molecule has 5 atom stereocenters. The third kappa shape index (κ3) is 7.49. The topological polar surface area (TPSA) is 99.4 Å². The van der Waals surface area contributed by atoms with Crippen LogP contribution in [0.4, 0.5) is 0 Å². The van der Waals surface area contributed by atoms with Crippen LogP contribution >= 0.6 is 0 Å². The van der Waals surface area contributed by atoms with Gasteiger partial charge in [-0.25, -0.2) is 0 Å². The minimum Gasteiger partial charge on any atom is -0.394 e. The van der Waals surface area contributed by atoms with Gasteiger partial charge in [0.15, 0.2) is 5.79 Å². The zero-order chi connectivity index (χ0) is 19.0. The fourth-order valence-corrected chi connectivity index (χ4v) is 3.45. The Morgan fingerprint density at radius 2 is 1.32 bits per heavy atom. The first kappa shape index (κ1) is 22.8. The van der Waals surface area contributed by atoms with Crippen molar-refractivity contribution < 1.29 is 29.9 Å². The lowest BCUT2D eigenvalue weighted by Crippen LogP contribution is -2.45. The molecule has 0 saturated carbocycles. The molecule has 0 bridgehead atoms. The maximum Gasteiger partial charge on any atom is 0.166 e. The fraction of sp³-hybridized carbons (Fsp3) is 1.00. The highest BCUT2D eigenvalue weighted by molar-refractivity contribution is 4.91. The van der Waals surface area contributed by atoms with E-state index in [-0.39, 0.29) is 0 Å². The van der Waals surface area contributed by atoms with Crippen molar-refractivity contribution in [3.63, 3.8) is 0 Å². The maximum absolute atomic E-state index is 9.91. The van der Waals surface area contributed by atoms with E-state index in [2.05, 4.69) is 20.8 Å². The van der Waals surface area contributed by atoms with Crippen LogP contribution in [0.15, 0.2) is 0 Å². The second-order valence-electron chi connectivity index (χ2n) is 8.12. The van der Waals surface area contributed by atoms with Crippen molar-refractivity contribution in [2.24, 2.45) is 11.8 Å². The van der Waals surface area contributed by atoms with Crippen molar-refractivity contribution in [1.29, 1.82) is 0 Å². The fourth-order valence-electron chi connectivity index (χ4n) is 3.45. The number of rotatable bonds is 12. The number of aliphatic hydroxyl groups is 4. The van der Waals surface area contributed by atoms with Gasteiger partial charge >= 0.3 is 0 Å². The average Bonchev–Trinajstić information content (AvgIpc) is 2.91. The van der Waals surface area contributed by atoms with Crippen LogP contribution in [-0.2, 0) is 9.47 Å². The molecule has 1 aliphatic rings. The van der Waals surface area contributed by atoms with Crippen LogP contribution in [0.5, 0.6) is 0 Å². The molecule has 1 saturated heterocycles. The molecule has 1 rings (SSSR count). The van der Waals surface area contributed by atoms with E-state index in [1.54, 1.807) is 6.92 Å². The summed E-state index contributed by atoms with van der Waals surface area (Å²) < 4.78 is 11.7. The van der Waals surface area contributed by atoms with Crippen molar-refractivity contribution in [3.05, 3.63) is 0 Å². The van der Waals surface area contributed by atoms with Crippen molar-refractivity contribution in [2.45, 2.75) is 96.4 Å². The molecule has 1 fully saturated rings. The summed E-state index contributed by atoms with van der Waals surface area (Å²) in [6, 6.07) is 0. The molecule has 6 nitrogen and oxygen atoms in total. The molecule has 1 aliphatic heterocycles. The summed E-state index contributed by atoms with van der Waals surface area (Å²) in [5.41, 5.74) is 0. The van der Waals surface area contributed by atoms with Gasteiger partial charge in [0.05, 0.1) is 13.2 Å². The lowest BCUT2D eigenvalue weighted by molar-refractivity contribution is -0.181. The summed E-state index contributed by atoms with van der Waals surface area (Å²) >= 11 is 0. The van der Waals surface area contributed by atoms with Crippen molar-refractivity contribution in [1.82, 2.24) is 0 Å². The molecular weight excluding hydrogens is 324 g/mol. The third-order valence-electron chi connectivity index (χ3n) is 5.03. The zero-order valence-electron chi connectivity index (χ0n) is 16.2. The molecule has 25 heavy (non-hydrogen) atoms. The highest BCUT2D eigenvalue weighted by atomic mass is 16.8. The molecule has 6 heteroatoms. The Morgan fingerprint density at radius 3 is 1.76 bits per heavy atom. The summed E-state index contributed by atoms with van der Waals surface area (Å²) in [7, 11) is 0. The standard InChI is InChI=1S/C19H38O6/c1-13(2)7-5-8-14(3)9-6-10-19(4)24-17(15(22)11-20)18(25-19)16(23)12-21/h13-18,20-23H,5-12H2,1-4H3/t14?,15-,16-,17-,18-/m1/s1. The monoisotopic (exact) mass is 362 g/mol. The number of ether oxygens (including phenoxy) is 2. The Morgan fingerprint density at radius 1 is 0.840 bits per heavy atom. The van der Waals surface area contributed by atoms with Crippen LogP contribution in [0.25, 0.3) is 0 Å². The minimum atomic E-state index is -1.15. The smallest absolute Gasteiger partial charge is 0.166 e. The van der Waals surface area contributed by atoms with Gasteiger partial charge in [0.1, 0.15) is 24.4 Å². The lowest BCUT2D eigenvalue weighted by Gasteiger charge is -2.25. The van der Waals surface area contributed by atoms with E-state index in [1.165, 1.54) is 19.3 Å². The van der Waals surface area contributed by atoms with Crippen molar-refractivity contribution >= 4 is 0 Å². The molecular formula is C19H38O6. The second kappa shape index (κ2) is 10.8. The molecule has 0 aromatic heterocycles. The van der Waals surface area contributed by atoms with Gasteiger partial charge < -0.3 is 29.9 Å². The van der Waals surface area contributed by atoms with E-state index in [1.807, 2.05) is 0 Å². The summed E-state index contributed by atoms with van der Waals surface area (Å²) in [4.78, 5) is 0. The Bertz CT molecular complexity index is 344. The molecule has 0 radical (unpaired) electrons. The van der Waals surface area contributed by atoms with Crippen molar-refractivity contribution in [2.75, 3.05) is 13.2 Å². The van der Waals surface area contributed by atoms with E-state index in [0.717, 1.165) is 18.8 Å². The second-order valence-corrected chi connectivity index (χ2v) is 8.12. The summed E-state index contributed by atoms with van der Waals surface area (Å²) in [5.74, 6) is 0.469. The first-order valence-corrected chi connectivity index (χ1v) is 9.66. The SMILES string of the molecule is CC(C)CCCC(C)CCCC1(C)O[C@H]([C@H](O)CO)[C@@H]([C@H](O)CO)O1. The van der Waals surface area contributed by atoms with Crippen LogP contribution < -0.4 is 0 Å². The van der Waals surface area contributed by atoms with E-state index in [9.17, 15) is 20.4 Å². The van der Waals surface area contributed by atoms with Crippen LogP contribution in [0, 0.1) is 11.8 Å². The largest absolute Gasteiger partial charge is 0.394 e. The third-order valence-corrected chi connectivity index (χ3v) is 5.03. The average molecular weight is 363 g/mol. The predicted molar refractivity (Wildman–Crippen MR) is 96.0 cm³/mol. The first-order chi connectivity index (χ1) is 11.7. The van der Waals surface area contributed by atoms with Gasteiger partial charge in [0.25, 0.3) is 0 Å². The first-order valence-electron chi connectivity index (χ1n) is 9.66. The quantitative estimate of drug-likeness (QED) is 0.423. The summed E-state index contributed by atoms with van der Waals surface area (Å²) in [6.07, 6.45) is 2.37. The Labute approximate surface area is 152 Å². The molecule has 150 valence electrons. The molecule has 0 amide bonds.